The minimum Gasteiger partial charge on any atom is -0.346 e. The Bertz CT molecular complexity index is 1430. The topological polar surface area (TPSA) is 84.3 Å². The van der Waals surface area contributed by atoms with Gasteiger partial charge in [0.1, 0.15) is 6.04 Å². The number of hydrogen-bond acceptors (Lipinski definition) is 5. The van der Waals surface area contributed by atoms with Crippen LogP contribution in [0.15, 0.2) is 47.5 Å². The van der Waals surface area contributed by atoms with Crippen molar-refractivity contribution >= 4 is 26.6 Å². The molecule has 3 aromatic rings. The number of likely N-dealkylation sites (tertiary alicyclic amines) is 1. The molecule has 2 fully saturated rings. The minimum absolute atomic E-state index is 0.0155. The van der Waals surface area contributed by atoms with Crippen molar-refractivity contribution < 1.29 is 26.4 Å². The third kappa shape index (κ3) is 5.58. The highest BCUT2D eigenvalue weighted by molar-refractivity contribution is 7.91. The van der Waals surface area contributed by atoms with Crippen LogP contribution >= 0.6 is 0 Å². The summed E-state index contributed by atoms with van der Waals surface area (Å²) in [5.74, 6) is -0.328. The summed E-state index contributed by atoms with van der Waals surface area (Å²) in [5.41, 5.74) is 2.74. The van der Waals surface area contributed by atoms with Gasteiger partial charge in [-0.05, 0) is 68.6 Å². The molecule has 5 rings (SSSR count). The zero-order chi connectivity index (χ0) is 27.1. The van der Waals surface area contributed by atoms with Gasteiger partial charge in [-0.15, -0.1) is 0 Å². The van der Waals surface area contributed by atoms with E-state index in [0.717, 1.165) is 35.9 Å². The Morgan fingerprint density at radius 1 is 1.11 bits per heavy atom. The summed E-state index contributed by atoms with van der Waals surface area (Å²) < 4.78 is 67.1. The van der Waals surface area contributed by atoms with E-state index in [4.69, 9.17) is 0 Å². The van der Waals surface area contributed by atoms with E-state index in [-0.39, 0.29) is 42.1 Å². The number of carbonyl (C=O) groups is 1. The standard InChI is InChI=1S/C27H31F3N4O3S/c1-2-38(36,37)23-10-7-20(31-16-23)15-32-26(35)18-6-11-24-19(13-18)14-22(34(24)21-8-9-21)17-33-12-4-3-5-25(33)27(28,29)30/h6-7,10-11,13-14,16,21,25H,2-5,8-9,12,15,17H2,1H3,(H,32,35)/t25-/m0/s1. The van der Waals surface area contributed by atoms with Crippen molar-refractivity contribution in [3.8, 4) is 0 Å². The van der Waals surface area contributed by atoms with Gasteiger partial charge in [0, 0.05) is 40.9 Å². The lowest BCUT2D eigenvalue weighted by Crippen LogP contribution is -2.48. The summed E-state index contributed by atoms with van der Waals surface area (Å²) in [7, 11) is -3.34. The van der Waals surface area contributed by atoms with Crippen molar-refractivity contribution in [2.45, 2.75) is 75.3 Å². The second-order valence-corrected chi connectivity index (χ2v) is 12.4. The smallest absolute Gasteiger partial charge is 0.346 e. The molecule has 0 bridgehead atoms. The van der Waals surface area contributed by atoms with Gasteiger partial charge >= 0.3 is 6.18 Å². The lowest BCUT2D eigenvalue weighted by atomic mass is 10.0. The van der Waals surface area contributed by atoms with Crippen molar-refractivity contribution in [1.29, 1.82) is 0 Å². The van der Waals surface area contributed by atoms with Crippen molar-refractivity contribution in [1.82, 2.24) is 19.8 Å². The number of aromatic nitrogens is 2. The third-order valence-corrected chi connectivity index (χ3v) is 9.14. The second-order valence-electron chi connectivity index (χ2n) is 10.1. The number of carbonyl (C=O) groups excluding carboxylic acids is 1. The number of alkyl halides is 3. The van der Waals surface area contributed by atoms with Crippen LogP contribution in [0, 0.1) is 0 Å². The molecule has 1 aliphatic carbocycles. The van der Waals surface area contributed by atoms with Crippen LogP contribution in [0.1, 0.15) is 66.8 Å². The lowest BCUT2D eigenvalue weighted by molar-refractivity contribution is -0.192. The maximum Gasteiger partial charge on any atom is 0.404 e. The Hall–Kier alpha value is -2.92. The number of halogens is 3. The minimum atomic E-state index is -4.25. The first-order chi connectivity index (χ1) is 18.1. The Kier molecular flexibility index (Phi) is 7.25. The Morgan fingerprint density at radius 3 is 2.55 bits per heavy atom. The average molecular weight is 549 g/mol. The maximum absolute atomic E-state index is 13.7. The lowest BCUT2D eigenvalue weighted by Gasteiger charge is -2.36. The number of pyridine rings is 1. The number of fused-ring (bicyclic) bond motifs is 1. The van der Waals surface area contributed by atoms with Crippen LogP contribution in [0.2, 0.25) is 0 Å². The SMILES string of the molecule is CCS(=O)(=O)c1ccc(CNC(=O)c2ccc3c(c2)cc(CN2CCCC[C@H]2C(F)(F)F)n3C2CC2)nc1. The number of sulfone groups is 1. The molecule has 1 saturated carbocycles. The van der Waals surface area contributed by atoms with E-state index < -0.39 is 22.1 Å². The van der Waals surface area contributed by atoms with Gasteiger partial charge < -0.3 is 9.88 Å². The van der Waals surface area contributed by atoms with E-state index >= 15 is 0 Å². The summed E-state index contributed by atoms with van der Waals surface area (Å²) in [5, 5.41) is 3.63. The summed E-state index contributed by atoms with van der Waals surface area (Å²) in [6, 6.07) is 9.19. The Balaban J connectivity index is 1.33. The van der Waals surface area contributed by atoms with Gasteiger partial charge in [0.15, 0.2) is 9.84 Å². The molecule has 204 valence electrons. The molecule has 0 spiro atoms. The monoisotopic (exact) mass is 548 g/mol. The average Bonchev–Trinajstić information content (AvgIpc) is 3.67. The molecule has 2 aliphatic rings. The number of rotatable bonds is 8. The molecule has 7 nitrogen and oxygen atoms in total. The third-order valence-electron chi connectivity index (χ3n) is 7.42. The van der Waals surface area contributed by atoms with E-state index in [2.05, 4.69) is 14.9 Å². The Labute approximate surface area is 219 Å². The predicted molar refractivity (Wildman–Crippen MR) is 137 cm³/mol. The van der Waals surface area contributed by atoms with Gasteiger partial charge in [-0.25, -0.2) is 8.42 Å². The zero-order valence-corrected chi connectivity index (χ0v) is 22.0. The summed E-state index contributed by atoms with van der Waals surface area (Å²) in [6.45, 7) is 2.34. The fraction of sp³-hybridized carbons (Fsp3) is 0.481. The van der Waals surface area contributed by atoms with Crippen LogP contribution < -0.4 is 5.32 Å². The van der Waals surface area contributed by atoms with Crippen LogP contribution in [-0.4, -0.2) is 53.3 Å². The van der Waals surface area contributed by atoms with Crippen molar-refractivity contribution in [3.63, 3.8) is 0 Å². The first kappa shape index (κ1) is 26.7. The van der Waals surface area contributed by atoms with Gasteiger partial charge in [-0.1, -0.05) is 13.3 Å². The summed E-state index contributed by atoms with van der Waals surface area (Å²) in [4.78, 5) is 18.7. The van der Waals surface area contributed by atoms with Crippen LogP contribution in [0.5, 0.6) is 0 Å². The normalized spacial score (nSPS) is 19.1. The van der Waals surface area contributed by atoms with Gasteiger partial charge in [0.05, 0.1) is 22.9 Å². The van der Waals surface area contributed by atoms with E-state index in [1.165, 1.54) is 12.3 Å². The van der Waals surface area contributed by atoms with E-state index in [0.29, 0.717) is 24.2 Å². The van der Waals surface area contributed by atoms with Gasteiger partial charge in [-0.2, -0.15) is 13.2 Å². The molecular formula is C27H31F3N4O3S. The van der Waals surface area contributed by atoms with Crippen LogP contribution in [-0.2, 0) is 22.9 Å². The molecule has 1 aliphatic heterocycles. The molecule has 0 unspecified atom stereocenters. The Morgan fingerprint density at radius 2 is 1.89 bits per heavy atom. The molecule has 2 aromatic heterocycles. The van der Waals surface area contributed by atoms with Gasteiger partial charge in [0.2, 0.25) is 0 Å². The summed E-state index contributed by atoms with van der Waals surface area (Å²) in [6.07, 6.45) is 0.500. The summed E-state index contributed by atoms with van der Waals surface area (Å²) >= 11 is 0. The molecule has 1 aromatic carbocycles. The van der Waals surface area contributed by atoms with E-state index in [9.17, 15) is 26.4 Å². The second kappa shape index (κ2) is 10.3. The molecule has 11 heteroatoms. The number of piperidine rings is 1. The highest BCUT2D eigenvalue weighted by Gasteiger charge is 2.44. The van der Waals surface area contributed by atoms with Crippen LogP contribution in [0.4, 0.5) is 13.2 Å². The van der Waals surface area contributed by atoms with Gasteiger partial charge in [0.25, 0.3) is 5.91 Å². The fourth-order valence-electron chi connectivity index (χ4n) is 5.22. The van der Waals surface area contributed by atoms with E-state index in [1.807, 2.05) is 12.1 Å². The molecule has 3 heterocycles. The van der Waals surface area contributed by atoms with Crippen LogP contribution in [0.3, 0.4) is 0 Å². The van der Waals surface area contributed by atoms with Crippen LogP contribution in [0.25, 0.3) is 10.9 Å². The van der Waals surface area contributed by atoms with Crippen molar-refractivity contribution in [2.75, 3.05) is 12.3 Å². The molecule has 1 N–H and O–H groups in total. The quantitative estimate of drug-likeness (QED) is 0.428. The fourth-order valence-corrected chi connectivity index (χ4v) is 6.04. The highest BCUT2D eigenvalue weighted by Crippen LogP contribution is 2.41. The number of benzene rings is 1. The molecule has 0 radical (unpaired) electrons. The van der Waals surface area contributed by atoms with Crippen molar-refractivity contribution in [3.05, 3.63) is 59.5 Å². The van der Waals surface area contributed by atoms with E-state index in [1.54, 1.807) is 30.0 Å². The molecule has 38 heavy (non-hydrogen) atoms. The molecule has 1 saturated heterocycles. The number of hydrogen-bond donors (Lipinski definition) is 1. The first-order valence-corrected chi connectivity index (χ1v) is 14.6. The molecule has 1 amide bonds. The predicted octanol–water partition coefficient (Wildman–Crippen LogP) is 5.01. The number of nitrogens with zero attached hydrogens (tertiary/aromatic N) is 3. The zero-order valence-electron chi connectivity index (χ0n) is 21.2. The molecule has 1 atom stereocenters. The maximum atomic E-state index is 13.7. The number of amides is 1. The molecular weight excluding hydrogens is 517 g/mol. The highest BCUT2D eigenvalue weighted by atomic mass is 32.2. The number of nitrogens with one attached hydrogen (secondary N) is 1. The first-order valence-electron chi connectivity index (χ1n) is 13.0. The van der Waals surface area contributed by atoms with Gasteiger partial charge in [-0.3, -0.25) is 14.7 Å². The van der Waals surface area contributed by atoms with Crippen molar-refractivity contribution in [2.24, 2.45) is 0 Å². The largest absolute Gasteiger partial charge is 0.404 e.